The molecule has 0 amide bonds. The molecule has 7 heteroatoms. The van der Waals surface area contributed by atoms with E-state index in [1.807, 2.05) is 0 Å². The lowest BCUT2D eigenvalue weighted by molar-refractivity contribution is -0.134. The number of aromatic nitrogens is 2. The Labute approximate surface area is 109 Å². The maximum absolute atomic E-state index is 12.1. The first-order valence-corrected chi connectivity index (χ1v) is 6.40. The second-order valence-corrected chi connectivity index (χ2v) is 5.64. The van der Waals surface area contributed by atoms with Crippen molar-refractivity contribution in [1.82, 2.24) is 15.5 Å². The highest BCUT2D eigenvalue weighted by molar-refractivity contribution is 5.01. The van der Waals surface area contributed by atoms with E-state index in [0.29, 0.717) is 5.89 Å². The second kappa shape index (κ2) is 5.11. The molecule has 0 bridgehead atoms. The van der Waals surface area contributed by atoms with Crippen LogP contribution in [0.3, 0.4) is 0 Å². The molecular weight excluding hydrogens is 259 g/mol. The van der Waals surface area contributed by atoms with Gasteiger partial charge in [0.2, 0.25) is 5.89 Å². The van der Waals surface area contributed by atoms with Gasteiger partial charge in [0.05, 0.1) is 12.5 Å². The number of hydrogen-bond donors (Lipinski definition) is 1. The van der Waals surface area contributed by atoms with Crippen molar-refractivity contribution in [2.24, 2.45) is 5.41 Å². The predicted octanol–water partition coefficient (Wildman–Crippen LogP) is 3.02. The van der Waals surface area contributed by atoms with Crippen molar-refractivity contribution < 1.29 is 17.7 Å². The van der Waals surface area contributed by atoms with E-state index in [0.717, 1.165) is 19.4 Å². The lowest BCUT2D eigenvalue weighted by atomic mass is 9.77. The SMILES string of the molecule is CC1(C)CCCNC1c1nc(CCC(F)(F)F)no1. The molecule has 0 aromatic carbocycles. The summed E-state index contributed by atoms with van der Waals surface area (Å²) in [4.78, 5) is 4.09. The average molecular weight is 277 g/mol. The first-order chi connectivity index (χ1) is 8.78. The highest BCUT2D eigenvalue weighted by atomic mass is 19.4. The van der Waals surface area contributed by atoms with Gasteiger partial charge in [0.15, 0.2) is 5.82 Å². The number of piperidine rings is 1. The largest absolute Gasteiger partial charge is 0.389 e. The van der Waals surface area contributed by atoms with E-state index in [4.69, 9.17) is 4.52 Å². The Hall–Kier alpha value is -1.11. The number of hydrogen-bond acceptors (Lipinski definition) is 4. The Morgan fingerprint density at radius 1 is 1.42 bits per heavy atom. The van der Waals surface area contributed by atoms with E-state index < -0.39 is 12.6 Å². The number of alkyl halides is 3. The van der Waals surface area contributed by atoms with Gasteiger partial charge in [0, 0.05) is 6.42 Å². The molecule has 1 aromatic rings. The van der Waals surface area contributed by atoms with Gasteiger partial charge in [-0.05, 0) is 24.8 Å². The summed E-state index contributed by atoms with van der Waals surface area (Å²) in [5, 5.41) is 6.93. The smallest absolute Gasteiger partial charge is 0.338 e. The molecule has 4 nitrogen and oxygen atoms in total. The van der Waals surface area contributed by atoms with Crippen LogP contribution in [0, 0.1) is 5.41 Å². The van der Waals surface area contributed by atoms with Crippen LogP contribution in [0.1, 0.15) is 50.9 Å². The molecule has 108 valence electrons. The Morgan fingerprint density at radius 2 is 2.16 bits per heavy atom. The standard InChI is InChI=1S/C12H18F3N3O/c1-11(2)5-3-7-16-9(11)10-17-8(18-19-10)4-6-12(13,14)15/h9,16H,3-7H2,1-2H3. The molecule has 1 aromatic heterocycles. The van der Waals surface area contributed by atoms with Crippen LogP contribution >= 0.6 is 0 Å². The molecule has 0 spiro atoms. The minimum absolute atomic E-state index is 0.0356. The van der Waals surface area contributed by atoms with Crippen LogP contribution in [0.2, 0.25) is 0 Å². The Morgan fingerprint density at radius 3 is 2.79 bits per heavy atom. The summed E-state index contributed by atoms with van der Waals surface area (Å²) in [5.41, 5.74) is -0.0356. The number of halogens is 3. The Kier molecular flexibility index (Phi) is 3.85. The molecule has 1 aliphatic rings. The molecule has 1 fully saturated rings. The van der Waals surface area contributed by atoms with Crippen molar-refractivity contribution in [2.75, 3.05) is 6.54 Å². The molecule has 0 radical (unpaired) electrons. The Bertz CT molecular complexity index is 428. The lowest BCUT2D eigenvalue weighted by Gasteiger charge is -2.36. The summed E-state index contributed by atoms with van der Waals surface area (Å²) in [6, 6.07) is -0.0895. The minimum Gasteiger partial charge on any atom is -0.338 e. The zero-order chi connectivity index (χ0) is 14.1. The molecule has 2 heterocycles. The van der Waals surface area contributed by atoms with Gasteiger partial charge in [-0.2, -0.15) is 18.2 Å². The molecular formula is C12H18F3N3O. The van der Waals surface area contributed by atoms with Gasteiger partial charge >= 0.3 is 6.18 Å². The third kappa shape index (κ3) is 3.68. The van der Waals surface area contributed by atoms with Crippen molar-refractivity contribution in [1.29, 1.82) is 0 Å². The second-order valence-electron chi connectivity index (χ2n) is 5.64. The van der Waals surface area contributed by atoms with Crippen molar-refractivity contribution >= 4 is 0 Å². The normalized spacial score (nSPS) is 23.5. The average Bonchev–Trinajstić information content (AvgIpc) is 2.73. The highest BCUT2D eigenvalue weighted by Crippen LogP contribution is 2.39. The zero-order valence-corrected chi connectivity index (χ0v) is 11.0. The first-order valence-electron chi connectivity index (χ1n) is 6.40. The van der Waals surface area contributed by atoms with Gasteiger partial charge in [-0.3, -0.25) is 0 Å². The summed E-state index contributed by atoms with van der Waals surface area (Å²) >= 11 is 0. The fourth-order valence-corrected chi connectivity index (χ4v) is 2.37. The van der Waals surface area contributed by atoms with E-state index in [-0.39, 0.29) is 23.7 Å². The van der Waals surface area contributed by atoms with E-state index in [9.17, 15) is 13.2 Å². The summed E-state index contributed by atoms with van der Waals surface area (Å²) in [6.45, 7) is 5.03. The predicted molar refractivity (Wildman–Crippen MR) is 62.4 cm³/mol. The van der Waals surface area contributed by atoms with Gasteiger partial charge in [-0.25, -0.2) is 0 Å². The molecule has 1 aliphatic heterocycles. The summed E-state index contributed by atoms with van der Waals surface area (Å²) in [7, 11) is 0. The third-order valence-electron chi connectivity index (χ3n) is 3.49. The van der Waals surface area contributed by atoms with E-state index in [1.54, 1.807) is 0 Å². The number of rotatable bonds is 3. The number of nitrogens with zero attached hydrogens (tertiary/aromatic N) is 2. The van der Waals surface area contributed by atoms with Crippen molar-refractivity contribution in [3.8, 4) is 0 Å². The summed E-state index contributed by atoms with van der Waals surface area (Å²) in [5.74, 6) is 0.511. The molecule has 1 saturated heterocycles. The lowest BCUT2D eigenvalue weighted by Crippen LogP contribution is -2.39. The van der Waals surface area contributed by atoms with Crippen LogP contribution in [-0.4, -0.2) is 22.9 Å². The molecule has 0 saturated carbocycles. The fourth-order valence-electron chi connectivity index (χ4n) is 2.37. The molecule has 19 heavy (non-hydrogen) atoms. The van der Waals surface area contributed by atoms with Crippen LogP contribution in [0.25, 0.3) is 0 Å². The summed E-state index contributed by atoms with van der Waals surface area (Å²) in [6.07, 6.45) is -3.26. The van der Waals surface area contributed by atoms with Crippen LogP contribution in [-0.2, 0) is 6.42 Å². The molecule has 2 rings (SSSR count). The maximum Gasteiger partial charge on any atom is 0.389 e. The highest BCUT2D eigenvalue weighted by Gasteiger charge is 2.37. The van der Waals surface area contributed by atoms with Crippen LogP contribution in [0.5, 0.6) is 0 Å². The third-order valence-corrected chi connectivity index (χ3v) is 3.49. The van der Waals surface area contributed by atoms with E-state index >= 15 is 0 Å². The van der Waals surface area contributed by atoms with Crippen LogP contribution in [0.4, 0.5) is 13.2 Å². The number of nitrogens with one attached hydrogen (secondary N) is 1. The monoisotopic (exact) mass is 277 g/mol. The van der Waals surface area contributed by atoms with E-state index in [1.165, 1.54) is 0 Å². The van der Waals surface area contributed by atoms with Gasteiger partial charge in [0.25, 0.3) is 0 Å². The minimum atomic E-state index is -4.19. The molecule has 1 N–H and O–H groups in total. The zero-order valence-electron chi connectivity index (χ0n) is 11.0. The van der Waals surface area contributed by atoms with Gasteiger partial charge in [0.1, 0.15) is 0 Å². The number of aryl methyl sites for hydroxylation is 1. The quantitative estimate of drug-likeness (QED) is 0.922. The Balaban J connectivity index is 2.04. The maximum atomic E-state index is 12.1. The van der Waals surface area contributed by atoms with Gasteiger partial charge in [-0.1, -0.05) is 19.0 Å². The molecule has 1 atom stereocenters. The van der Waals surface area contributed by atoms with Crippen LogP contribution < -0.4 is 5.32 Å². The fraction of sp³-hybridized carbons (Fsp3) is 0.833. The van der Waals surface area contributed by atoms with E-state index in [2.05, 4.69) is 29.3 Å². The van der Waals surface area contributed by atoms with Crippen molar-refractivity contribution in [3.63, 3.8) is 0 Å². The van der Waals surface area contributed by atoms with Crippen molar-refractivity contribution in [3.05, 3.63) is 11.7 Å². The van der Waals surface area contributed by atoms with Gasteiger partial charge in [-0.15, -0.1) is 0 Å². The van der Waals surface area contributed by atoms with Crippen molar-refractivity contribution in [2.45, 2.75) is 51.7 Å². The molecule has 1 unspecified atom stereocenters. The van der Waals surface area contributed by atoms with Crippen LogP contribution in [0.15, 0.2) is 4.52 Å². The summed E-state index contributed by atoms with van der Waals surface area (Å²) < 4.78 is 41.5. The topological polar surface area (TPSA) is 51.0 Å². The first kappa shape index (κ1) is 14.3. The van der Waals surface area contributed by atoms with Gasteiger partial charge < -0.3 is 9.84 Å². The molecule has 0 aliphatic carbocycles.